The van der Waals surface area contributed by atoms with E-state index in [1.807, 2.05) is 48.5 Å². The van der Waals surface area contributed by atoms with E-state index in [2.05, 4.69) is 0 Å². The van der Waals surface area contributed by atoms with Crippen LogP contribution in [-0.2, 0) is 16.6 Å². The number of hydrogen-bond donors (Lipinski definition) is 1. The molecule has 0 radical (unpaired) electrons. The fraction of sp³-hybridized carbons (Fsp3) is 0.250. The Bertz CT molecular complexity index is 656. The number of sulfonamides is 1. The van der Waals surface area contributed by atoms with Crippen LogP contribution in [0.4, 0.5) is 0 Å². The zero-order valence-electron chi connectivity index (χ0n) is 11.9. The normalized spacial score (nSPS) is 13.3. The lowest BCUT2D eigenvalue weighted by atomic mass is 10.1. The van der Waals surface area contributed by atoms with Crippen molar-refractivity contribution in [3.8, 4) is 0 Å². The molecule has 0 fully saturated rings. The maximum atomic E-state index is 11.9. The predicted molar refractivity (Wildman–Crippen MR) is 83.1 cm³/mol. The summed E-state index contributed by atoms with van der Waals surface area (Å²) in [5.41, 5.74) is 1.60. The van der Waals surface area contributed by atoms with Crippen LogP contribution in [0.1, 0.15) is 17.2 Å². The summed E-state index contributed by atoms with van der Waals surface area (Å²) in [4.78, 5) is 0. The molecule has 2 rings (SSSR count). The van der Waals surface area contributed by atoms with Crippen molar-refractivity contribution in [1.29, 1.82) is 0 Å². The highest BCUT2D eigenvalue weighted by Gasteiger charge is 2.21. The SMILES string of the molecule is CS(=O)(=O)N(Cc1ccccc1)CC(O)c1ccccc1. The van der Waals surface area contributed by atoms with Gasteiger partial charge in [-0.3, -0.25) is 0 Å². The van der Waals surface area contributed by atoms with Crippen LogP contribution in [-0.4, -0.2) is 30.6 Å². The number of hydrogen-bond acceptors (Lipinski definition) is 3. The van der Waals surface area contributed by atoms with Crippen LogP contribution in [0.2, 0.25) is 0 Å². The largest absolute Gasteiger partial charge is 0.387 e. The Balaban J connectivity index is 2.14. The molecule has 2 aromatic carbocycles. The second kappa shape index (κ2) is 6.85. The number of aliphatic hydroxyl groups is 1. The third-order valence-corrected chi connectivity index (χ3v) is 4.45. The predicted octanol–water partition coefficient (Wildman–Crippen LogP) is 2.18. The maximum Gasteiger partial charge on any atom is 0.211 e. The second-order valence-electron chi connectivity index (χ2n) is 4.97. The molecule has 1 atom stereocenters. The Morgan fingerprint density at radius 2 is 1.52 bits per heavy atom. The summed E-state index contributed by atoms with van der Waals surface area (Å²) in [6.45, 7) is 0.293. The number of aliphatic hydroxyl groups excluding tert-OH is 1. The van der Waals surface area contributed by atoms with Gasteiger partial charge >= 0.3 is 0 Å². The smallest absolute Gasteiger partial charge is 0.211 e. The van der Waals surface area contributed by atoms with Gasteiger partial charge in [0.05, 0.1) is 12.4 Å². The minimum Gasteiger partial charge on any atom is -0.387 e. The summed E-state index contributed by atoms with van der Waals surface area (Å²) in [6, 6.07) is 18.4. The third kappa shape index (κ3) is 4.67. The van der Waals surface area contributed by atoms with Gasteiger partial charge in [0.2, 0.25) is 10.0 Å². The summed E-state index contributed by atoms with van der Waals surface area (Å²) in [6.07, 6.45) is 0.317. The maximum absolute atomic E-state index is 11.9. The Morgan fingerprint density at radius 1 is 1.00 bits per heavy atom. The van der Waals surface area contributed by atoms with Gasteiger partial charge < -0.3 is 5.11 Å². The van der Waals surface area contributed by atoms with Gasteiger partial charge in [0, 0.05) is 13.1 Å². The van der Waals surface area contributed by atoms with Crippen molar-refractivity contribution in [2.24, 2.45) is 0 Å². The first-order chi connectivity index (χ1) is 9.97. The third-order valence-electron chi connectivity index (χ3n) is 3.23. The molecule has 0 aliphatic rings. The van der Waals surface area contributed by atoms with Crippen molar-refractivity contribution in [2.75, 3.05) is 12.8 Å². The number of rotatable bonds is 6. The fourth-order valence-electron chi connectivity index (χ4n) is 2.08. The van der Waals surface area contributed by atoms with Crippen molar-refractivity contribution in [3.05, 3.63) is 71.8 Å². The highest BCUT2D eigenvalue weighted by atomic mass is 32.2. The zero-order valence-corrected chi connectivity index (χ0v) is 12.7. The van der Waals surface area contributed by atoms with Crippen molar-refractivity contribution < 1.29 is 13.5 Å². The van der Waals surface area contributed by atoms with Gasteiger partial charge in [0.15, 0.2) is 0 Å². The molecule has 1 N–H and O–H groups in total. The first kappa shape index (κ1) is 15.7. The molecule has 1 unspecified atom stereocenters. The van der Waals surface area contributed by atoms with Crippen molar-refractivity contribution >= 4 is 10.0 Å². The van der Waals surface area contributed by atoms with Gasteiger partial charge in [-0.1, -0.05) is 60.7 Å². The van der Waals surface area contributed by atoms with Crippen LogP contribution in [0.25, 0.3) is 0 Å². The van der Waals surface area contributed by atoms with Gasteiger partial charge in [0.1, 0.15) is 0 Å². The number of benzene rings is 2. The molecule has 21 heavy (non-hydrogen) atoms. The first-order valence-electron chi connectivity index (χ1n) is 6.69. The summed E-state index contributed by atoms with van der Waals surface area (Å²) in [5.74, 6) is 0. The van der Waals surface area contributed by atoms with E-state index in [9.17, 15) is 13.5 Å². The van der Waals surface area contributed by atoms with Crippen molar-refractivity contribution in [3.63, 3.8) is 0 Å². The lowest BCUT2D eigenvalue weighted by molar-refractivity contribution is 0.146. The Kier molecular flexibility index (Phi) is 5.12. The molecular weight excluding hydrogens is 286 g/mol. The zero-order chi connectivity index (χ0) is 15.3. The monoisotopic (exact) mass is 305 g/mol. The van der Waals surface area contributed by atoms with Crippen LogP contribution in [0.3, 0.4) is 0 Å². The van der Waals surface area contributed by atoms with E-state index in [1.165, 1.54) is 4.31 Å². The van der Waals surface area contributed by atoms with E-state index in [-0.39, 0.29) is 13.1 Å². The van der Waals surface area contributed by atoms with Gasteiger partial charge in [0.25, 0.3) is 0 Å². The van der Waals surface area contributed by atoms with E-state index in [0.29, 0.717) is 5.56 Å². The summed E-state index contributed by atoms with van der Waals surface area (Å²) in [5, 5.41) is 10.2. The highest BCUT2D eigenvalue weighted by molar-refractivity contribution is 7.88. The van der Waals surface area contributed by atoms with Crippen LogP contribution in [0.15, 0.2) is 60.7 Å². The topological polar surface area (TPSA) is 57.6 Å². The van der Waals surface area contributed by atoms with E-state index in [1.54, 1.807) is 12.1 Å². The molecule has 0 aliphatic heterocycles. The first-order valence-corrected chi connectivity index (χ1v) is 8.53. The summed E-state index contributed by atoms with van der Waals surface area (Å²) >= 11 is 0. The molecule has 0 aromatic heterocycles. The molecular formula is C16H19NO3S. The molecule has 112 valence electrons. The van der Waals surface area contributed by atoms with E-state index >= 15 is 0 Å². The lowest BCUT2D eigenvalue weighted by Crippen LogP contribution is -2.33. The molecule has 0 saturated carbocycles. The average Bonchev–Trinajstić information content (AvgIpc) is 2.47. The minimum atomic E-state index is -3.39. The summed E-state index contributed by atoms with van der Waals surface area (Å²) < 4.78 is 25.1. The van der Waals surface area contributed by atoms with Gasteiger partial charge in [-0.05, 0) is 11.1 Å². The molecule has 0 bridgehead atoms. The van der Waals surface area contributed by atoms with E-state index < -0.39 is 16.1 Å². The van der Waals surface area contributed by atoms with Crippen LogP contribution < -0.4 is 0 Å². The van der Waals surface area contributed by atoms with Crippen LogP contribution >= 0.6 is 0 Å². The van der Waals surface area contributed by atoms with Gasteiger partial charge in [-0.25, -0.2) is 8.42 Å². The Morgan fingerprint density at radius 3 is 2.05 bits per heavy atom. The summed E-state index contributed by atoms with van der Waals surface area (Å²) in [7, 11) is -3.39. The Labute approximate surface area is 125 Å². The quantitative estimate of drug-likeness (QED) is 0.890. The van der Waals surface area contributed by atoms with Crippen LogP contribution in [0.5, 0.6) is 0 Å². The lowest BCUT2D eigenvalue weighted by Gasteiger charge is -2.23. The van der Waals surface area contributed by atoms with E-state index in [4.69, 9.17) is 0 Å². The molecule has 0 amide bonds. The average molecular weight is 305 g/mol. The standard InChI is InChI=1S/C16H19NO3S/c1-21(19,20)17(12-14-8-4-2-5-9-14)13-16(18)15-10-6-3-7-11-15/h2-11,16,18H,12-13H2,1H3. The molecule has 5 heteroatoms. The molecule has 0 saturated heterocycles. The number of nitrogens with zero attached hydrogens (tertiary/aromatic N) is 1. The van der Waals surface area contributed by atoms with Gasteiger partial charge in [-0.2, -0.15) is 4.31 Å². The molecule has 2 aromatic rings. The molecule has 0 heterocycles. The van der Waals surface area contributed by atoms with Crippen molar-refractivity contribution in [1.82, 2.24) is 4.31 Å². The molecule has 4 nitrogen and oxygen atoms in total. The minimum absolute atomic E-state index is 0.0394. The van der Waals surface area contributed by atoms with E-state index in [0.717, 1.165) is 11.8 Å². The van der Waals surface area contributed by atoms with Crippen LogP contribution in [0, 0.1) is 0 Å². The van der Waals surface area contributed by atoms with Gasteiger partial charge in [-0.15, -0.1) is 0 Å². The molecule has 0 spiro atoms. The van der Waals surface area contributed by atoms with Crippen molar-refractivity contribution in [2.45, 2.75) is 12.6 Å². The Hall–Kier alpha value is -1.69. The second-order valence-corrected chi connectivity index (χ2v) is 6.95. The fourth-order valence-corrected chi connectivity index (χ4v) is 2.87. The highest BCUT2D eigenvalue weighted by Crippen LogP contribution is 2.17. The molecule has 0 aliphatic carbocycles.